The maximum atomic E-state index is 6.17. The third-order valence-corrected chi connectivity index (χ3v) is 4.18. The fourth-order valence-corrected chi connectivity index (χ4v) is 3.00. The zero-order chi connectivity index (χ0) is 16.6. The summed E-state index contributed by atoms with van der Waals surface area (Å²) in [5.74, 6) is 0.905. The highest BCUT2D eigenvalue weighted by Crippen LogP contribution is 2.41. The molecule has 3 aromatic carbocycles. The van der Waals surface area contributed by atoms with Crippen molar-refractivity contribution in [2.45, 2.75) is 26.2 Å². The number of nitrogen functional groups attached to an aromatic ring is 1. The minimum Gasteiger partial charge on any atom is -0.496 e. The average Bonchev–Trinajstić information content (AvgIpc) is 2.52. The molecule has 23 heavy (non-hydrogen) atoms. The normalized spacial score (nSPS) is 11.7. The number of hydrogen-bond donors (Lipinski definition) is 1. The van der Waals surface area contributed by atoms with Crippen molar-refractivity contribution >= 4 is 16.5 Å². The van der Waals surface area contributed by atoms with E-state index in [-0.39, 0.29) is 5.41 Å². The summed E-state index contributed by atoms with van der Waals surface area (Å²) in [6, 6.07) is 18.8. The summed E-state index contributed by atoms with van der Waals surface area (Å²) < 4.78 is 5.77. The highest BCUT2D eigenvalue weighted by molar-refractivity contribution is 5.89. The van der Waals surface area contributed by atoms with Crippen LogP contribution in [0.2, 0.25) is 0 Å². The first-order valence-corrected chi connectivity index (χ1v) is 7.87. The van der Waals surface area contributed by atoms with Gasteiger partial charge in [-0.2, -0.15) is 0 Å². The van der Waals surface area contributed by atoms with Crippen LogP contribution in [0.1, 0.15) is 26.3 Å². The molecule has 0 atom stereocenters. The molecule has 0 saturated heterocycles. The number of nitrogens with two attached hydrogens (primary N) is 1. The van der Waals surface area contributed by atoms with Gasteiger partial charge in [0.15, 0.2) is 0 Å². The van der Waals surface area contributed by atoms with Crippen molar-refractivity contribution < 1.29 is 4.74 Å². The lowest BCUT2D eigenvalue weighted by Crippen LogP contribution is -2.14. The minimum absolute atomic E-state index is 0.0354. The second-order valence-corrected chi connectivity index (χ2v) is 6.96. The van der Waals surface area contributed by atoms with Gasteiger partial charge in [-0.15, -0.1) is 0 Å². The van der Waals surface area contributed by atoms with Gasteiger partial charge < -0.3 is 10.5 Å². The lowest BCUT2D eigenvalue weighted by Gasteiger charge is -2.25. The molecule has 2 heteroatoms. The van der Waals surface area contributed by atoms with E-state index in [0.29, 0.717) is 0 Å². The molecule has 0 spiro atoms. The quantitative estimate of drug-likeness (QED) is 0.644. The molecule has 2 N–H and O–H groups in total. The molecule has 118 valence electrons. The van der Waals surface area contributed by atoms with Gasteiger partial charge in [-0.25, -0.2) is 0 Å². The van der Waals surface area contributed by atoms with Crippen molar-refractivity contribution in [2.75, 3.05) is 12.8 Å². The molecule has 0 aliphatic carbocycles. The van der Waals surface area contributed by atoms with Gasteiger partial charge in [0.25, 0.3) is 0 Å². The van der Waals surface area contributed by atoms with E-state index in [2.05, 4.69) is 63.2 Å². The molecule has 0 aromatic heterocycles. The van der Waals surface area contributed by atoms with Crippen LogP contribution in [0.3, 0.4) is 0 Å². The number of methoxy groups -OCH3 is 1. The molecule has 0 heterocycles. The molecule has 3 rings (SSSR count). The van der Waals surface area contributed by atoms with E-state index in [9.17, 15) is 0 Å². The van der Waals surface area contributed by atoms with Crippen LogP contribution in [-0.2, 0) is 5.41 Å². The van der Waals surface area contributed by atoms with Crippen LogP contribution in [0, 0.1) is 0 Å². The van der Waals surface area contributed by atoms with E-state index in [1.165, 1.54) is 10.8 Å². The number of ether oxygens (including phenoxy) is 1. The summed E-state index contributed by atoms with van der Waals surface area (Å²) in [6.45, 7) is 6.53. The summed E-state index contributed by atoms with van der Waals surface area (Å²) in [4.78, 5) is 0. The van der Waals surface area contributed by atoms with Gasteiger partial charge in [0, 0.05) is 16.8 Å². The second kappa shape index (κ2) is 5.62. The predicted octanol–water partition coefficient (Wildman–Crippen LogP) is 5.40. The minimum atomic E-state index is -0.0354. The number of hydrogen-bond acceptors (Lipinski definition) is 2. The van der Waals surface area contributed by atoms with Crippen molar-refractivity contribution in [2.24, 2.45) is 0 Å². The van der Waals surface area contributed by atoms with Gasteiger partial charge in [-0.3, -0.25) is 0 Å². The molecule has 3 aromatic rings. The largest absolute Gasteiger partial charge is 0.496 e. The Morgan fingerprint density at radius 3 is 2.22 bits per heavy atom. The molecule has 0 amide bonds. The fraction of sp³-hybridized carbons (Fsp3) is 0.238. The predicted molar refractivity (Wildman–Crippen MR) is 99.0 cm³/mol. The van der Waals surface area contributed by atoms with E-state index in [1.54, 1.807) is 7.11 Å². The van der Waals surface area contributed by atoms with E-state index in [4.69, 9.17) is 10.5 Å². The van der Waals surface area contributed by atoms with Crippen LogP contribution < -0.4 is 10.5 Å². The van der Waals surface area contributed by atoms with E-state index < -0.39 is 0 Å². The molecule has 0 unspecified atom stereocenters. The fourth-order valence-electron chi connectivity index (χ4n) is 3.00. The van der Waals surface area contributed by atoms with Crippen molar-refractivity contribution in [1.29, 1.82) is 0 Å². The summed E-state index contributed by atoms with van der Waals surface area (Å²) >= 11 is 0. The van der Waals surface area contributed by atoms with Gasteiger partial charge in [-0.1, -0.05) is 57.2 Å². The third-order valence-electron chi connectivity index (χ3n) is 4.18. The molecule has 0 radical (unpaired) electrons. The Kier molecular flexibility index (Phi) is 3.77. The highest BCUT2D eigenvalue weighted by atomic mass is 16.5. The number of fused-ring (bicyclic) bond motifs is 1. The Balaban J connectivity index is 2.27. The standard InChI is InChI=1S/C21H23NO/c1-21(2,3)19-13-17(22)12-18(20(19)23-4)16-10-9-14-7-5-6-8-15(14)11-16/h5-13H,22H2,1-4H3. The van der Waals surface area contributed by atoms with Crippen molar-refractivity contribution in [1.82, 2.24) is 0 Å². The first-order chi connectivity index (χ1) is 10.9. The third kappa shape index (κ3) is 2.89. The summed E-state index contributed by atoms with van der Waals surface area (Å²) in [5, 5.41) is 2.45. The lowest BCUT2D eigenvalue weighted by atomic mass is 9.83. The number of benzene rings is 3. The Morgan fingerprint density at radius 2 is 1.57 bits per heavy atom. The van der Waals surface area contributed by atoms with Crippen LogP contribution >= 0.6 is 0 Å². The van der Waals surface area contributed by atoms with Crippen LogP contribution in [0.4, 0.5) is 5.69 Å². The van der Waals surface area contributed by atoms with Crippen LogP contribution in [-0.4, -0.2) is 7.11 Å². The molecule has 0 bridgehead atoms. The zero-order valence-electron chi connectivity index (χ0n) is 14.2. The Hall–Kier alpha value is -2.48. The van der Waals surface area contributed by atoms with E-state index in [0.717, 1.165) is 28.1 Å². The van der Waals surface area contributed by atoms with Crippen molar-refractivity contribution in [3.05, 3.63) is 60.2 Å². The molecule has 2 nitrogen and oxygen atoms in total. The Labute approximate surface area is 137 Å². The SMILES string of the molecule is COc1c(-c2ccc3ccccc3c2)cc(N)cc1C(C)(C)C. The highest BCUT2D eigenvalue weighted by Gasteiger charge is 2.22. The zero-order valence-corrected chi connectivity index (χ0v) is 14.2. The van der Waals surface area contributed by atoms with Gasteiger partial charge in [0.05, 0.1) is 7.11 Å². The molecular formula is C21H23NO. The van der Waals surface area contributed by atoms with Gasteiger partial charge in [0.1, 0.15) is 5.75 Å². The summed E-state index contributed by atoms with van der Waals surface area (Å²) in [5.41, 5.74) is 10.2. The van der Waals surface area contributed by atoms with Gasteiger partial charge in [-0.05, 0) is 39.9 Å². The smallest absolute Gasteiger partial charge is 0.130 e. The summed E-state index contributed by atoms with van der Waals surface area (Å²) in [6.07, 6.45) is 0. The first-order valence-electron chi connectivity index (χ1n) is 7.87. The Morgan fingerprint density at radius 1 is 0.870 bits per heavy atom. The maximum Gasteiger partial charge on any atom is 0.130 e. The molecule has 0 fully saturated rings. The topological polar surface area (TPSA) is 35.2 Å². The molecular weight excluding hydrogens is 282 g/mol. The molecule has 0 aliphatic rings. The monoisotopic (exact) mass is 305 g/mol. The second-order valence-electron chi connectivity index (χ2n) is 6.96. The van der Waals surface area contributed by atoms with Crippen LogP contribution in [0.5, 0.6) is 5.75 Å². The van der Waals surface area contributed by atoms with Crippen molar-refractivity contribution in [3.8, 4) is 16.9 Å². The molecule has 0 aliphatic heterocycles. The maximum absolute atomic E-state index is 6.17. The molecule has 0 saturated carbocycles. The number of rotatable bonds is 2. The van der Waals surface area contributed by atoms with Crippen molar-refractivity contribution in [3.63, 3.8) is 0 Å². The van der Waals surface area contributed by atoms with Crippen LogP contribution in [0.25, 0.3) is 21.9 Å². The first kappa shape index (κ1) is 15.4. The van der Waals surface area contributed by atoms with Crippen LogP contribution in [0.15, 0.2) is 54.6 Å². The Bertz CT molecular complexity index is 859. The van der Waals surface area contributed by atoms with E-state index in [1.807, 2.05) is 12.1 Å². The lowest BCUT2D eigenvalue weighted by molar-refractivity contribution is 0.399. The summed E-state index contributed by atoms with van der Waals surface area (Å²) in [7, 11) is 1.73. The van der Waals surface area contributed by atoms with E-state index >= 15 is 0 Å². The average molecular weight is 305 g/mol. The number of anilines is 1. The van der Waals surface area contributed by atoms with Gasteiger partial charge >= 0.3 is 0 Å². The van der Waals surface area contributed by atoms with Gasteiger partial charge in [0.2, 0.25) is 0 Å².